The molecule has 1 atom stereocenters. The molecule has 0 radical (unpaired) electrons. The van der Waals surface area contributed by atoms with Crippen molar-refractivity contribution in [2.45, 2.75) is 26.3 Å². The van der Waals surface area contributed by atoms with Crippen LogP contribution in [0, 0.1) is 5.92 Å². The van der Waals surface area contributed by atoms with Crippen molar-refractivity contribution < 1.29 is 19.4 Å². The molecule has 0 saturated carbocycles. The van der Waals surface area contributed by atoms with Gasteiger partial charge < -0.3 is 14.7 Å². The van der Waals surface area contributed by atoms with Gasteiger partial charge in [-0.15, -0.1) is 0 Å². The van der Waals surface area contributed by atoms with E-state index in [1.165, 1.54) is 11.0 Å². The van der Waals surface area contributed by atoms with E-state index in [9.17, 15) is 14.7 Å². The molecule has 0 saturated heterocycles. The van der Waals surface area contributed by atoms with E-state index in [0.717, 1.165) is 10.9 Å². The van der Waals surface area contributed by atoms with Crippen LogP contribution < -0.4 is 4.74 Å². The summed E-state index contributed by atoms with van der Waals surface area (Å²) >= 11 is 0. The summed E-state index contributed by atoms with van der Waals surface area (Å²) in [7, 11) is 1.84. The highest BCUT2D eigenvalue weighted by Crippen LogP contribution is 2.28. The summed E-state index contributed by atoms with van der Waals surface area (Å²) in [5, 5.41) is 14.5. The summed E-state index contributed by atoms with van der Waals surface area (Å²) < 4.78 is 7.63. The lowest BCUT2D eigenvalue weighted by atomic mass is 10.0. The first-order valence-corrected chi connectivity index (χ1v) is 8.19. The highest BCUT2D eigenvalue weighted by molar-refractivity contribution is 5.94. The van der Waals surface area contributed by atoms with Crippen molar-refractivity contribution in [1.29, 1.82) is 0 Å². The molecule has 1 unspecified atom stereocenters. The monoisotopic (exact) mass is 343 g/mol. The maximum absolute atomic E-state index is 12.3. The molecule has 1 aromatic carbocycles. The summed E-state index contributed by atoms with van der Waals surface area (Å²) in [6.45, 7) is 4.02. The molecule has 1 amide bonds. The Hall–Kier alpha value is -2.83. The first-order chi connectivity index (χ1) is 11.9. The number of hydrogen-bond acceptors (Lipinski definition) is 4. The van der Waals surface area contributed by atoms with Crippen LogP contribution in [0.3, 0.4) is 0 Å². The molecule has 1 aliphatic heterocycles. The topological polar surface area (TPSA) is 84.7 Å². The molecule has 1 aromatic heterocycles. The number of fused-ring (bicyclic) bond motifs is 1. The standard InChI is InChI=1S/C18H21N3O4/c1-11(2)7-15(18(23)24)21-10-12(8-17(21)22)25-16-6-4-5-14-13(16)9-19-20(14)3/h4-6,8-9,11,15H,7,10H2,1-3H3,(H,23,24). The highest BCUT2D eigenvalue weighted by atomic mass is 16.5. The second-order valence-corrected chi connectivity index (χ2v) is 6.62. The minimum Gasteiger partial charge on any atom is -0.480 e. The first kappa shape index (κ1) is 17.0. The van der Waals surface area contributed by atoms with Gasteiger partial charge in [-0.05, 0) is 24.5 Å². The number of amides is 1. The van der Waals surface area contributed by atoms with E-state index in [-0.39, 0.29) is 18.4 Å². The van der Waals surface area contributed by atoms with Gasteiger partial charge in [-0.25, -0.2) is 4.79 Å². The van der Waals surface area contributed by atoms with E-state index in [2.05, 4.69) is 5.10 Å². The SMILES string of the molecule is CC(C)CC(C(=O)O)N1CC(Oc2cccc3c2cnn3C)=CC1=O. The zero-order valence-corrected chi connectivity index (χ0v) is 14.5. The van der Waals surface area contributed by atoms with E-state index in [4.69, 9.17) is 4.74 Å². The van der Waals surface area contributed by atoms with Crippen molar-refractivity contribution in [2.75, 3.05) is 6.54 Å². The number of ether oxygens (including phenoxy) is 1. The van der Waals surface area contributed by atoms with E-state index in [1.54, 1.807) is 16.9 Å². The molecule has 0 spiro atoms. The third-order valence-electron chi connectivity index (χ3n) is 4.24. The molecule has 3 rings (SSSR count). The molecular formula is C18H21N3O4. The first-order valence-electron chi connectivity index (χ1n) is 8.19. The van der Waals surface area contributed by atoms with E-state index < -0.39 is 12.0 Å². The van der Waals surface area contributed by atoms with Crippen LogP contribution in [0.5, 0.6) is 5.75 Å². The molecule has 0 aliphatic carbocycles. The quantitative estimate of drug-likeness (QED) is 0.869. The number of benzene rings is 1. The molecule has 7 heteroatoms. The summed E-state index contributed by atoms with van der Waals surface area (Å²) in [6.07, 6.45) is 3.48. The number of aryl methyl sites for hydroxylation is 1. The van der Waals surface area contributed by atoms with Crippen molar-refractivity contribution in [3.05, 3.63) is 36.2 Å². The summed E-state index contributed by atoms with van der Waals surface area (Å²) in [6, 6.07) is 4.74. The van der Waals surface area contributed by atoms with Gasteiger partial charge in [-0.1, -0.05) is 19.9 Å². The van der Waals surface area contributed by atoms with Gasteiger partial charge in [0.1, 0.15) is 17.6 Å². The Morgan fingerprint density at radius 1 is 1.40 bits per heavy atom. The Kier molecular flexibility index (Phi) is 4.48. The molecule has 1 N–H and O–H groups in total. The zero-order chi connectivity index (χ0) is 18.1. The number of aliphatic carboxylic acids is 1. The molecule has 25 heavy (non-hydrogen) atoms. The van der Waals surface area contributed by atoms with Gasteiger partial charge >= 0.3 is 5.97 Å². The van der Waals surface area contributed by atoms with Crippen molar-refractivity contribution in [3.8, 4) is 5.75 Å². The molecule has 7 nitrogen and oxygen atoms in total. The van der Waals surface area contributed by atoms with Gasteiger partial charge in [-0.2, -0.15) is 5.10 Å². The van der Waals surface area contributed by atoms with E-state index in [1.807, 2.05) is 33.0 Å². The second kappa shape index (κ2) is 6.58. The minimum absolute atomic E-state index is 0.152. The van der Waals surface area contributed by atoms with Gasteiger partial charge in [0.05, 0.1) is 23.6 Å². The molecule has 2 heterocycles. The number of carboxylic acid groups (broad SMARTS) is 1. The third kappa shape index (κ3) is 3.35. The lowest BCUT2D eigenvalue weighted by Crippen LogP contribution is -2.43. The normalized spacial score (nSPS) is 15.8. The largest absolute Gasteiger partial charge is 0.480 e. The number of carboxylic acids is 1. The number of hydrogen-bond donors (Lipinski definition) is 1. The minimum atomic E-state index is -0.994. The predicted molar refractivity (Wildman–Crippen MR) is 92.0 cm³/mol. The van der Waals surface area contributed by atoms with Gasteiger partial charge in [0, 0.05) is 13.1 Å². The van der Waals surface area contributed by atoms with Crippen molar-refractivity contribution >= 4 is 22.8 Å². The number of carbonyl (C=O) groups excluding carboxylic acids is 1. The van der Waals surface area contributed by atoms with Crippen LogP contribution in [0.2, 0.25) is 0 Å². The van der Waals surface area contributed by atoms with Crippen LogP contribution in [0.25, 0.3) is 10.9 Å². The van der Waals surface area contributed by atoms with Crippen molar-refractivity contribution in [3.63, 3.8) is 0 Å². The highest BCUT2D eigenvalue weighted by Gasteiger charge is 2.34. The van der Waals surface area contributed by atoms with E-state index in [0.29, 0.717) is 17.9 Å². The molecule has 1 aliphatic rings. The van der Waals surface area contributed by atoms with Crippen LogP contribution >= 0.6 is 0 Å². The van der Waals surface area contributed by atoms with Crippen LogP contribution in [0.1, 0.15) is 20.3 Å². The second-order valence-electron chi connectivity index (χ2n) is 6.62. The number of rotatable bonds is 6. The number of aromatic nitrogens is 2. The van der Waals surface area contributed by atoms with Crippen molar-refractivity contribution in [1.82, 2.24) is 14.7 Å². The van der Waals surface area contributed by atoms with Gasteiger partial charge in [0.2, 0.25) is 0 Å². The lowest BCUT2D eigenvalue weighted by molar-refractivity contribution is -0.148. The number of nitrogens with zero attached hydrogens (tertiary/aromatic N) is 3. The molecule has 0 fully saturated rings. The Labute approximate surface area is 145 Å². The van der Waals surface area contributed by atoms with Gasteiger partial charge in [0.15, 0.2) is 0 Å². The van der Waals surface area contributed by atoms with Crippen molar-refractivity contribution in [2.24, 2.45) is 13.0 Å². The van der Waals surface area contributed by atoms with Gasteiger partial charge in [0.25, 0.3) is 5.91 Å². The smallest absolute Gasteiger partial charge is 0.326 e. The number of carbonyl (C=O) groups is 2. The Bertz CT molecular complexity index is 853. The molecule has 0 bridgehead atoms. The summed E-state index contributed by atoms with van der Waals surface area (Å²) in [5.74, 6) is -0.117. The Balaban J connectivity index is 1.80. The molecule has 132 valence electrons. The average Bonchev–Trinajstić information content (AvgIpc) is 3.09. The molecule has 2 aromatic rings. The third-order valence-corrected chi connectivity index (χ3v) is 4.24. The average molecular weight is 343 g/mol. The van der Waals surface area contributed by atoms with Crippen LogP contribution in [-0.4, -0.2) is 44.3 Å². The van der Waals surface area contributed by atoms with Gasteiger partial charge in [-0.3, -0.25) is 9.48 Å². The fourth-order valence-corrected chi connectivity index (χ4v) is 3.03. The predicted octanol–water partition coefficient (Wildman–Crippen LogP) is 2.18. The molecular weight excluding hydrogens is 322 g/mol. The summed E-state index contributed by atoms with van der Waals surface area (Å²) in [5.41, 5.74) is 0.919. The summed E-state index contributed by atoms with van der Waals surface area (Å²) in [4.78, 5) is 25.1. The fourth-order valence-electron chi connectivity index (χ4n) is 3.03. The Morgan fingerprint density at radius 3 is 2.84 bits per heavy atom. The lowest BCUT2D eigenvalue weighted by Gasteiger charge is -2.25. The zero-order valence-electron chi connectivity index (χ0n) is 14.5. The van der Waals surface area contributed by atoms with Crippen LogP contribution in [-0.2, 0) is 16.6 Å². The Morgan fingerprint density at radius 2 is 2.16 bits per heavy atom. The maximum Gasteiger partial charge on any atom is 0.326 e. The van der Waals surface area contributed by atoms with Crippen LogP contribution in [0.15, 0.2) is 36.2 Å². The van der Waals surface area contributed by atoms with E-state index >= 15 is 0 Å². The van der Waals surface area contributed by atoms with Crippen LogP contribution in [0.4, 0.5) is 0 Å². The fraction of sp³-hybridized carbons (Fsp3) is 0.389. The maximum atomic E-state index is 12.3.